The Balaban J connectivity index is 2.04. The largest absolute Gasteiger partial charge is 0.485 e. The summed E-state index contributed by atoms with van der Waals surface area (Å²) in [6, 6.07) is 6.15. The molecule has 2 rings (SSSR count). The number of hydrogen-bond acceptors (Lipinski definition) is 3. The van der Waals surface area contributed by atoms with Crippen molar-refractivity contribution >= 4 is 49.0 Å². The molecule has 0 aliphatic heterocycles. The second kappa shape index (κ2) is 6.15. The van der Waals surface area contributed by atoms with Gasteiger partial charge in [0.2, 0.25) is 5.78 Å². The molecule has 0 aliphatic carbocycles. The molecular weight excluding hydrogens is 399 g/mol. The van der Waals surface area contributed by atoms with E-state index < -0.39 is 0 Å². The highest BCUT2D eigenvalue weighted by molar-refractivity contribution is 9.12. The minimum absolute atomic E-state index is 0.0765. The van der Waals surface area contributed by atoms with Gasteiger partial charge in [0.1, 0.15) is 11.6 Å². The maximum Gasteiger partial charge on any atom is 0.202 e. The van der Waals surface area contributed by atoms with E-state index in [1.807, 2.05) is 0 Å². The van der Waals surface area contributed by atoms with E-state index >= 15 is 0 Å². The van der Waals surface area contributed by atoms with Crippen LogP contribution in [0.4, 0.5) is 4.39 Å². The van der Waals surface area contributed by atoms with E-state index in [2.05, 4.69) is 31.9 Å². The number of aryl methyl sites for hydroxylation is 1. The number of ketones is 1. The third-order valence-corrected chi connectivity index (χ3v) is 4.80. The topological polar surface area (TPSA) is 26.3 Å². The summed E-state index contributed by atoms with van der Waals surface area (Å²) in [5.41, 5.74) is 1.07. The average Bonchev–Trinajstić information content (AvgIpc) is 2.70. The predicted octanol–water partition coefficient (Wildman–Crippen LogP) is 4.98. The molecule has 0 unspecified atom stereocenters. The number of thiophene rings is 1. The lowest BCUT2D eigenvalue weighted by molar-refractivity contribution is 0.0921. The molecule has 1 aromatic carbocycles. The fourth-order valence-corrected chi connectivity index (χ4v) is 4.32. The fraction of sp³-hybridized carbons (Fsp3) is 0.154. The maximum atomic E-state index is 13.1. The van der Waals surface area contributed by atoms with Gasteiger partial charge in [-0.2, -0.15) is 0 Å². The van der Waals surface area contributed by atoms with Crippen LogP contribution in [0.25, 0.3) is 0 Å². The molecule has 19 heavy (non-hydrogen) atoms. The van der Waals surface area contributed by atoms with Crippen molar-refractivity contribution in [2.75, 3.05) is 6.61 Å². The monoisotopic (exact) mass is 406 g/mol. The van der Waals surface area contributed by atoms with E-state index in [0.29, 0.717) is 16.9 Å². The Bertz CT molecular complexity index is 625. The molecule has 0 saturated heterocycles. The summed E-state index contributed by atoms with van der Waals surface area (Å²) in [7, 11) is 0. The van der Waals surface area contributed by atoms with Crippen LogP contribution < -0.4 is 4.74 Å². The lowest BCUT2D eigenvalue weighted by Gasteiger charge is -2.06. The third-order valence-electron chi connectivity index (χ3n) is 2.46. The fourth-order valence-electron chi connectivity index (χ4n) is 1.46. The Labute approximate surface area is 130 Å². The normalized spacial score (nSPS) is 10.5. The highest BCUT2D eigenvalue weighted by Crippen LogP contribution is 2.32. The molecule has 0 radical (unpaired) electrons. The van der Waals surface area contributed by atoms with Gasteiger partial charge in [-0.1, -0.05) is 0 Å². The highest BCUT2D eigenvalue weighted by Gasteiger charge is 2.14. The molecule has 0 aliphatic rings. The molecule has 0 amide bonds. The Morgan fingerprint density at radius 2 is 2.11 bits per heavy atom. The zero-order valence-corrected chi connectivity index (χ0v) is 13.9. The number of rotatable bonds is 4. The number of benzene rings is 1. The van der Waals surface area contributed by atoms with E-state index in [9.17, 15) is 9.18 Å². The van der Waals surface area contributed by atoms with Crippen molar-refractivity contribution in [1.29, 1.82) is 0 Å². The summed E-state index contributed by atoms with van der Waals surface area (Å²) >= 11 is 8.08. The highest BCUT2D eigenvalue weighted by atomic mass is 79.9. The molecule has 0 bridgehead atoms. The van der Waals surface area contributed by atoms with Gasteiger partial charge in [0.05, 0.1) is 7.57 Å². The van der Waals surface area contributed by atoms with Crippen molar-refractivity contribution in [3.05, 3.63) is 48.8 Å². The Morgan fingerprint density at radius 3 is 2.68 bits per heavy atom. The van der Waals surface area contributed by atoms with Crippen LogP contribution in [0.3, 0.4) is 0 Å². The lowest BCUT2D eigenvalue weighted by atomic mass is 10.2. The van der Waals surface area contributed by atoms with Gasteiger partial charge < -0.3 is 4.74 Å². The van der Waals surface area contributed by atoms with Gasteiger partial charge in [0, 0.05) is 5.56 Å². The van der Waals surface area contributed by atoms with Gasteiger partial charge in [0.25, 0.3) is 0 Å². The van der Waals surface area contributed by atoms with Gasteiger partial charge in [-0.3, -0.25) is 4.79 Å². The number of carbonyl (C=O) groups excluding carboxylic acids is 1. The first-order valence-corrected chi connectivity index (χ1v) is 7.74. The molecule has 1 heterocycles. The first-order valence-electron chi connectivity index (χ1n) is 5.34. The van der Waals surface area contributed by atoms with E-state index in [4.69, 9.17) is 4.74 Å². The molecule has 2 aromatic rings. The van der Waals surface area contributed by atoms with Crippen LogP contribution in [0, 0.1) is 12.7 Å². The average molecular weight is 408 g/mol. The van der Waals surface area contributed by atoms with Gasteiger partial charge in [-0.15, -0.1) is 11.3 Å². The van der Waals surface area contributed by atoms with Crippen LogP contribution in [0.5, 0.6) is 5.75 Å². The van der Waals surface area contributed by atoms with Crippen LogP contribution in [0.15, 0.2) is 31.8 Å². The number of Topliss-reactive ketones (excluding diaryl/α,β-unsaturated/α-hetero) is 1. The van der Waals surface area contributed by atoms with Crippen molar-refractivity contribution in [1.82, 2.24) is 0 Å². The van der Waals surface area contributed by atoms with Crippen LogP contribution in [-0.4, -0.2) is 12.4 Å². The molecule has 0 N–H and O–H groups in total. The molecular formula is C13H9Br2FO2S. The Hall–Kier alpha value is -0.720. The Morgan fingerprint density at radius 1 is 1.37 bits per heavy atom. The van der Waals surface area contributed by atoms with E-state index in [1.165, 1.54) is 23.5 Å². The first-order chi connectivity index (χ1) is 8.97. The second-order valence-corrected chi connectivity index (χ2v) is 7.61. The molecule has 0 saturated carbocycles. The molecule has 0 atom stereocenters. The van der Waals surface area contributed by atoms with Crippen molar-refractivity contribution in [2.45, 2.75) is 6.92 Å². The first kappa shape index (κ1) is 14.7. The minimum atomic E-state index is -0.289. The molecule has 0 fully saturated rings. The van der Waals surface area contributed by atoms with E-state index in [-0.39, 0.29) is 18.2 Å². The zero-order chi connectivity index (χ0) is 14.0. The Kier molecular flexibility index (Phi) is 4.76. The summed E-state index contributed by atoms with van der Waals surface area (Å²) in [5, 5.41) is 0. The molecule has 2 nitrogen and oxygen atoms in total. The standard InChI is InChI=1S/C13H9Br2FO2S/c1-7-4-8(2-3-10(7)16)18-6-11(17)9-5-12(14)19-13(9)15/h2-5H,6H2,1H3. The lowest BCUT2D eigenvalue weighted by Crippen LogP contribution is -2.11. The van der Waals surface area contributed by atoms with Crippen molar-refractivity contribution < 1.29 is 13.9 Å². The summed E-state index contributed by atoms with van der Waals surface area (Å²) < 4.78 is 20.1. The molecule has 1 aromatic heterocycles. The number of ether oxygens (including phenoxy) is 1. The SMILES string of the molecule is Cc1cc(OCC(=O)c2cc(Br)sc2Br)ccc1F. The summed E-state index contributed by atoms with van der Waals surface area (Å²) in [5.74, 6) is 0.0663. The maximum absolute atomic E-state index is 13.1. The van der Waals surface area contributed by atoms with Crippen LogP contribution in [0.1, 0.15) is 15.9 Å². The third kappa shape index (κ3) is 3.64. The van der Waals surface area contributed by atoms with Gasteiger partial charge in [-0.25, -0.2) is 4.39 Å². The summed E-state index contributed by atoms with van der Waals surface area (Å²) in [6.07, 6.45) is 0. The van der Waals surface area contributed by atoms with Crippen molar-refractivity contribution in [3.63, 3.8) is 0 Å². The van der Waals surface area contributed by atoms with Crippen LogP contribution in [0.2, 0.25) is 0 Å². The van der Waals surface area contributed by atoms with Crippen molar-refractivity contribution in [2.24, 2.45) is 0 Å². The van der Waals surface area contributed by atoms with E-state index in [1.54, 1.807) is 19.1 Å². The smallest absolute Gasteiger partial charge is 0.202 e. The van der Waals surface area contributed by atoms with Crippen molar-refractivity contribution in [3.8, 4) is 5.75 Å². The zero-order valence-electron chi connectivity index (χ0n) is 9.88. The summed E-state index contributed by atoms with van der Waals surface area (Å²) in [4.78, 5) is 12.0. The molecule has 6 heteroatoms. The quantitative estimate of drug-likeness (QED) is 0.668. The van der Waals surface area contributed by atoms with Gasteiger partial charge >= 0.3 is 0 Å². The van der Waals surface area contributed by atoms with Gasteiger partial charge in [-0.05, 0) is 68.6 Å². The number of carbonyl (C=O) groups is 1. The van der Waals surface area contributed by atoms with Gasteiger partial charge in [0.15, 0.2) is 6.61 Å². The summed E-state index contributed by atoms with van der Waals surface area (Å²) in [6.45, 7) is 1.57. The minimum Gasteiger partial charge on any atom is -0.485 e. The predicted molar refractivity (Wildman–Crippen MR) is 80.7 cm³/mol. The number of hydrogen-bond donors (Lipinski definition) is 0. The van der Waals surface area contributed by atoms with Crippen LogP contribution in [-0.2, 0) is 0 Å². The second-order valence-electron chi connectivity index (χ2n) is 3.86. The van der Waals surface area contributed by atoms with E-state index in [0.717, 1.165) is 7.57 Å². The molecule has 100 valence electrons. The van der Waals surface area contributed by atoms with Crippen LogP contribution >= 0.6 is 43.2 Å². The molecule has 0 spiro atoms. The number of halogens is 3.